The number of nitrogens with one attached hydrogen (secondary N) is 2. The highest BCUT2D eigenvalue weighted by atomic mass is 19.1. The first-order valence-corrected chi connectivity index (χ1v) is 16.3. The molecule has 2 fully saturated rings. The number of halogens is 1. The van der Waals surface area contributed by atoms with Crippen molar-refractivity contribution in [1.82, 2.24) is 35.0 Å². The van der Waals surface area contributed by atoms with Crippen LogP contribution in [0.25, 0.3) is 55.8 Å². The van der Waals surface area contributed by atoms with Crippen LogP contribution in [0.15, 0.2) is 67.1 Å². The van der Waals surface area contributed by atoms with Gasteiger partial charge in [-0.05, 0) is 87.5 Å². The number of benzene rings is 2. The topological polar surface area (TPSA) is 105 Å². The monoisotopic (exact) mass is 617 g/mol. The van der Waals surface area contributed by atoms with E-state index in [1.165, 1.54) is 44.2 Å². The maximum Gasteiger partial charge on any atom is 0.159 e. The molecule has 46 heavy (non-hydrogen) atoms. The van der Waals surface area contributed by atoms with Gasteiger partial charge in [-0.15, -0.1) is 0 Å². The second-order valence-corrected chi connectivity index (χ2v) is 12.3. The van der Waals surface area contributed by atoms with Crippen LogP contribution in [0.4, 0.5) is 4.39 Å². The van der Waals surface area contributed by atoms with Crippen LogP contribution >= 0.6 is 0 Å². The lowest BCUT2D eigenvalue weighted by molar-refractivity contribution is 0.154. The highest BCUT2D eigenvalue weighted by Gasteiger charge is 2.19. The quantitative estimate of drug-likeness (QED) is 0.173. The SMILES string of the molecule is Fc1cc(OCCN2CCCC2)cc(-c2cccc3[nH]c(-c4n[nH]c5cnc(-c6cncc(OC7CCCCC7)c6)cc45)nc23)c1. The van der Waals surface area contributed by atoms with Crippen LogP contribution in [0.3, 0.4) is 0 Å². The lowest BCUT2D eigenvalue weighted by Crippen LogP contribution is -2.25. The molecule has 0 radical (unpaired) electrons. The molecule has 1 aliphatic carbocycles. The summed E-state index contributed by atoms with van der Waals surface area (Å²) in [6, 6.07) is 14.7. The molecule has 1 aliphatic heterocycles. The van der Waals surface area contributed by atoms with Crippen molar-refractivity contribution >= 4 is 21.9 Å². The Hall–Kier alpha value is -4.83. The average molecular weight is 618 g/mol. The molecule has 9 nitrogen and oxygen atoms in total. The fraction of sp³-hybridized carbons (Fsp3) is 0.333. The largest absolute Gasteiger partial charge is 0.492 e. The second kappa shape index (κ2) is 12.5. The van der Waals surface area contributed by atoms with Crippen LogP contribution < -0.4 is 9.47 Å². The maximum atomic E-state index is 14.8. The Kier molecular flexibility index (Phi) is 7.79. The highest BCUT2D eigenvalue weighted by molar-refractivity contribution is 5.97. The fourth-order valence-corrected chi connectivity index (χ4v) is 6.73. The van der Waals surface area contributed by atoms with E-state index in [9.17, 15) is 4.39 Å². The summed E-state index contributed by atoms with van der Waals surface area (Å²) in [6.45, 7) is 3.57. The molecule has 234 valence electrons. The van der Waals surface area contributed by atoms with Crippen molar-refractivity contribution in [1.29, 1.82) is 0 Å². The van der Waals surface area contributed by atoms with Gasteiger partial charge in [0.05, 0.1) is 40.7 Å². The van der Waals surface area contributed by atoms with Gasteiger partial charge in [0.1, 0.15) is 29.6 Å². The molecule has 0 atom stereocenters. The summed E-state index contributed by atoms with van der Waals surface area (Å²) in [5.41, 5.74) is 6.19. The van der Waals surface area contributed by atoms with E-state index in [2.05, 4.69) is 30.0 Å². The van der Waals surface area contributed by atoms with Crippen molar-refractivity contribution < 1.29 is 13.9 Å². The van der Waals surface area contributed by atoms with Gasteiger partial charge in [-0.2, -0.15) is 5.10 Å². The van der Waals surface area contributed by atoms with Crippen molar-refractivity contribution in [2.24, 2.45) is 0 Å². The van der Waals surface area contributed by atoms with E-state index in [-0.39, 0.29) is 11.9 Å². The molecule has 1 saturated heterocycles. The first-order valence-electron chi connectivity index (χ1n) is 16.3. The summed E-state index contributed by atoms with van der Waals surface area (Å²) in [7, 11) is 0. The second-order valence-electron chi connectivity index (χ2n) is 12.3. The Morgan fingerprint density at radius 2 is 1.74 bits per heavy atom. The molecular weight excluding hydrogens is 581 g/mol. The molecule has 2 aromatic carbocycles. The van der Waals surface area contributed by atoms with E-state index in [1.807, 2.05) is 36.4 Å². The molecule has 0 spiro atoms. The average Bonchev–Trinajstić information content (AvgIpc) is 3.85. The minimum absolute atomic E-state index is 0.242. The predicted molar refractivity (Wildman–Crippen MR) is 176 cm³/mol. The summed E-state index contributed by atoms with van der Waals surface area (Å²) in [6.07, 6.45) is 13.9. The van der Waals surface area contributed by atoms with Crippen LogP contribution in [-0.4, -0.2) is 67.4 Å². The van der Waals surface area contributed by atoms with Gasteiger partial charge in [-0.25, -0.2) is 9.37 Å². The Labute approximate surface area is 266 Å². The van der Waals surface area contributed by atoms with Crippen LogP contribution in [0, 0.1) is 5.82 Å². The number of fused-ring (bicyclic) bond motifs is 2. The van der Waals surface area contributed by atoms with E-state index in [1.54, 1.807) is 18.6 Å². The van der Waals surface area contributed by atoms with Gasteiger partial charge in [0.2, 0.25) is 0 Å². The number of aromatic amines is 2. The minimum Gasteiger partial charge on any atom is -0.492 e. The van der Waals surface area contributed by atoms with Gasteiger partial charge < -0.3 is 14.5 Å². The van der Waals surface area contributed by atoms with E-state index in [0.29, 0.717) is 29.4 Å². The van der Waals surface area contributed by atoms with Crippen LogP contribution in [0.1, 0.15) is 44.9 Å². The number of para-hydroxylation sites is 1. The van der Waals surface area contributed by atoms with E-state index in [0.717, 1.165) is 77.0 Å². The maximum absolute atomic E-state index is 14.8. The predicted octanol–water partition coefficient (Wildman–Crippen LogP) is 7.56. The summed E-state index contributed by atoms with van der Waals surface area (Å²) in [5, 5.41) is 8.58. The molecule has 2 aliphatic rings. The number of ether oxygens (including phenoxy) is 2. The molecule has 8 rings (SSSR count). The molecule has 10 heteroatoms. The van der Waals surface area contributed by atoms with Gasteiger partial charge in [0.25, 0.3) is 0 Å². The van der Waals surface area contributed by atoms with Crippen molar-refractivity contribution in [2.75, 3.05) is 26.2 Å². The van der Waals surface area contributed by atoms with Gasteiger partial charge in [0.15, 0.2) is 5.82 Å². The molecule has 0 unspecified atom stereocenters. The minimum atomic E-state index is -0.345. The Morgan fingerprint density at radius 1 is 0.870 bits per heavy atom. The van der Waals surface area contributed by atoms with Gasteiger partial charge in [-0.3, -0.25) is 20.0 Å². The van der Waals surface area contributed by atoms with Crippen LogP contribution in [0.5, 0.6) is 11.5 Å². The zero-order chi connectivity index (χ0) is 30.9. The third-order valence-corrected chi connectivity index (χ3v) is 9.11. The molecule has 6 aromatic rings. The molecule has 4 aromatic heterocycles. The van der Waals surface area contributed by atoms with Gasteiger partial charge >= 0.3 is 0 Å². The Balaban J connectivity index is 1.08. The fourth-order valence-electron chi connectivity index (χ4n) is 6.73. The van der Waals surface area contributed by atoms with Gasteiger partial charge in [0, 0.05) is 35.3 Å². The third-order valence-electron chi connectivity index (χ3n) is 9.11. The first kappa shape index (κ1) is 28.6. The number of hydrogen-bond donors (Lipinski definition) is 2. The molecule has 0 amide bonds. The highest BCUT2D eigenvalue weighted by Crippen LogP contribution is 2.35. The van der Waals surface area contributed by atoms with Crippen LogP contribution in [-0.2, 0) is 0 Å². The summed E-state index contributed by atoms with van der Waals surface area (Å²) in [4.78, 5) is 19.9. The Bertz CT molecular complexity index is 1990. The number of aromatic nitrogens is 6. The van der Waals surface area contributed by atoms with Crippen molar-refractivity contribution in [3.05, 3.63) is 72.9 Å². The summed E-state index contributed by atoms with van der Waals surface area (Å²) < 4.78 is 27.1. The first-order chi connectivity index (χ1) is 22.7. The number of hydrogen-bond acceptors (Lipinski definition) is 7. The number of imidazole rings is 1. The number of nitrogens with zero attached hydrogens (tertiary/aromatic N) is 5. The molecular formula is C36H36FN7O2. The standard InChI is InChI=1S/C36H36FN7O2/c37-25-15-23(16-27(18-25)45-14-13-44-11-4-5-12-44)29-9-6-10-31-34(29)41-36(40-31)35-30-19-32(39-22-33(30)42-43-35)24-17-28(21-38-20-24)46-26-7-2-1-3-8-26/h6,9-10,15-22,26H,1-5,7-8,11-14H2,(H,40,41)(H,42,43). The zero-order valence-corrected chi connectivity index (χ0v) is 25.6. The number of likely N-dealkylation sites (tertiary alicyclic amines) is 1. The lowest BCUT2D eigenvalue weighted by Gasteiger charge is -2.22. The Morgan fingerprint density at radius 3 is 2.63 bits per heavy atom. The van der Waals surface area contributed by atoms with Gasteiger partial charge in [-0.1, -0.05) is 18.6 Å². The molecule has 2 N–H and O–H groups in total. The summed E-state index contributed by atoms with van der Waals surface area (Å²) >= 11 is 0. The smallest absolute Gasteiger partial charge is 0.159 e. The number of rotatable bonds is 9. The normalized spacial score (nSPS) is 16.0. The summed E-state index contributed by atoms with van der Waals surface area (Å²) in [5.74, 6) is 1.54. The number of pyridine rings is 2. The van der Waals surface area contributed by atoms with Crippen molar-refractivity contribution in [3.63, 3.8) is 0 Å². The molecule has 0 bridgehead atoms. The molecule has 5 heterocycles. The van der Waals surface area contributed by atoms with Crippen molar-refractivity contribution in [3.8, 4) is 45.4 Å². The van der Waals surface area contributed by atoms with Crippen molar-refractivity contribution in [2.45, 2.75) is 51.0 Å². The van der Waals surface area contributed by atoms with E-state index < -0.39 is 0 Å². The number of H-pyrrole nitrogens is 2. The van der Waals surface area contributed by atoms with Crippen LogP contribution in [0.2, 0.25) is 0 Å². The zero-order valence-electron chi connectivity index (χ0n) is 25.6. The van der Waals surface area contributed by atoms with E-state index >= 15 is 0 Å². The lowest BCUT2D eigenvalue weighted by atomic mass is 9.98. The van der Waals surface area contributed by atoms with E-state index in [4.69, 9.17) is 14.5 Å². The molecule has 1 saturated carbocycles. The third kappa shape index (κ3) is 5.92.